The van der Waals surface area contributed by atoms with Crippen LogP contribution in [-0.2, 0) is 4.79 Å². The number of rotatable bonds is 8. The molecule has 2 heterocycles. The van der Waals surface area contributed by atoms with Gasteiger partial charge in [-0.1, -0.05) is 0 Å². The van der Waals surface area contributed by atoms with Gasteiger partial charge in [-0.2, -0.15) is 0 Å². The maximum Gasteiger partial charge on any atom is 0.404 e. The van der Waals surface area contributed by atoms with E-state index in [2.05, 4.69) is 21.4 Å². The van der Waals surface area contributed by atoms with Gasteiger partial charge in [-0.3, -0.25) is 15.0 Å². The summed E-state index contributed by atoms with van der Waals surface area (Å²) in [5.74, 6) is 0.448. The van der Waals surface area contributed by atoms with Crippen LogP contribution >= 0.6 is 0 Å². The van der Waals surface area contributed by atoms with Gasteiger partial charge in [0.25, 0.3) is 5.91 Å². The zero-order valence-corrected chi connectivity index (χ0v) is 15.5. The Morgan fingerprint density at radius 3 is 2.96 bits per heavy atom. The molecule has 10 heteroatoms. The molecule has 3 amide bonds. The normalized spacial score (nSPS) is 17.9. The van der Waals surface area contributed by atoms with Gasteiger partial charge in [0, 0.05) is 44.2 Å². The second-order valence-electron chi connectivity index (χ2n) is 6.76. The highest BCUT2D eigenvalue weighted by atomic mass is 16.5. The average molecular weight is 391 g/mol. The number of amides is 3. The van der Waals surface area contributed by atoms with E-state index < -0.39 is 6.09 Å². The molecule has 0 spiro atoms. The van der Waals surface area contributed by atoms with Crippen LogP contribution in [-0.4, -0.2) is 66.9 Å². The molecule has 1 saturated heterocycles. The highest BCUT2D eigenvalue weighted by molar-refractivity contribution is 5.95. The lowest BCUT2D eigenvalue weighted by molar-refractivity contribution is -0.119. The van der Waals surface area contributed by atoms with Crippen LogP contribution < -0.4 is 26.1 Å². The van der Waals surface area contributed by atoms with Crippen molar-refractivity contribution in [3.05, 3.63) is 23.8 Å². The molecule has 10 nitrogen and oxygen atoms in total. The van der Waals surface area contributed by atoms with Crippen LogP contribution in [0.4, 0.5) is 10.5 Å². The number of nitrogens with one attached hydrogen (secondary N) is 4. The van der Waals surface area contributed by atoms with Crippen molar-refractivity contribution in [3.8, 4) is 5.75 Å². The molecule has 152 valence electrons. The van der Waals surface area contributed by atoms with Crippen LogP contribution in [0.5, 0.6) is 5.75 Å². The molecule has 3 rings (SSSR count). The molecular weight excluding hydrogens is 366 g/mol. The molecule has 5 N–H and O–H groups in total. The van der Waals surface area contributed by atoms with Crippen molar-refractivity contribution in [1.82, 2.24) is 21.1 Å². The number of nitrogens with zero attached hydrogens (tertiary/aromatic N) is 1. The number of benzene rings is 1. The first-order chi connectivity index (χ1) is 13.5. The standard InChI is InChI=1S/C18H25N5O5/c24-16-5-3-13(21-16)11-23(8-1-6-20-18(26)27)22-17(25)12-2-4-15-14(10-12)19-7-9-28-15/h2,4,10,13,19-20H,1,3,5-9,11H2,(H,21,24)(H,22,25)(H,26,27). The molecule has 1 fully saturated rings. The Morgan fingerprint density at radius 1 is 1.36 bits per heavy atom. The second-order valence-corrected chi connectivity index (χ2v) is 6.76. The number of ether oxygens (including phenoxy) is 1. The maximum atomic E-state index is 12.7. The summed E-state index contributed by atoms with van der Waals surface area (Å²) in [6.45, 7) is 2.45. The first-order valence-electron chi connectivity index (χ1n) is 9.34. The summed E-state index contributed by atoms with van der Waals surface area (Å²) in [5.41, 5.74) is 4.13. The minimum atomic E-state index is -1.08. The van der Waals surface area contributed by atoms with E-state index in [1.165, 1.54) is 0 Å². The number of anilines is 1. The van der Waals surface area contributed by atoms with Crippen LogP contribution in [0.1, 0.15) is 29.6 Å². The predicted octanol–water partition coefficient (Wildman–Crippen LogP) is 0.374. The lowest BCUT2D eigenvalue weighted by atomic mass is 10.1. The topological polar surface area (TPSA) is 132 Å². The molecular formula is C18H25N5O5. The number of carbonyl (C=O) groups is 3. The van der Waals surface area contributed by atoms with Gasteiger partial charge in [0.05, 0.1) is 5.69 Å². The second kappa shape index (κ2) is 9.27. The maximum absolute atomic E-state index is 12.7. The predicted molar refractivity (Wildman–Crippen MR) is 101 cm³/mol. The van der Waals surface area contributed by atoms with E-state index in [1.807, 2.05) is 0 Å². The minimum Gasteiger partial charge on any atom is -0.490 e. The number of fused-ring (bicyclic) bond motifs is 1. The third kappa shape index (κ3) is 5.49. The molecule has 0 aromatic heterocycles. The van der Waals surface area contributed by atoms with Crippen molar-refractivity contribution in [2.45, 2.75) is 25.3 Å². The Kier molecular flexibility index (Phi) is 6.53. The summed E-state index contributed by atoms with van der Waals surface area (Å²) in [6.07, 6.45) is 0.622. The van der Waals surface area contributed by atoms with Crippen molar-refractivity contribution in [2.75, 3.05) is 38.1 Å². The molecule has 2 aliphatic rings. The van der Waals surface area contributed by atoms with Gasteiger partial charge < -0.3 is 25.8 Å². The third-order valence-corrected chi connectivity index (χ3v) is 4.58. The Labute approximate surface area is 162 Å². The third-order valence-electron chi connectivity index (χ3n) is 4.58. The van der Waals surface area contributed by atoms with Crippen molar-refractivity contribution in [1.29, 1.82) is 0 Å². The van der Waals surface area contributed by atoms with E-state index in [0.717, 1.165) is 5.69 Å². The van der Waals surface area contributed by atoms with E-state index >= 15 is 0 Å². The minimum absolute atomic E-state index is 0.00424. The summed E-state index contributed by atoms with van der Waals surface area (Å²) >= 11 is 0. The molecule has 28 heavy (non-hydrogen) atoms. The molecule has 0 saturated carbocycles. The number of hydrogen-bond donors (Lipinski definition) is 5. The van der Waals surface area contributed by atoms with Crippen LogP contribution in [0, 0.1) is 0 Å². The summed E-state index contributed by atoms with van der Waals surface area (Å²) < 4.78 is 5.52. The quantitative estimate of drug-likeness (QED) is 0.320. The van der Waals surface area contributed by atoms with E-state index in [1.54, 1.807) is 23.2 Å². The summed E-state index contributed by atoms with van der Waals surface area (Å²) in [7, 11) is 0. The summed E-state index contributed by atoms with van der Waals surface area (Å²) in [6, 6.07) is 5.15. The van der Waals surface area contributed by atoms with Crippen LogP contribution in [0.15, 0.2) is 18.2 Å². The molecule has 0 aliphatic carbocycles. The summed E-state index contributed by atoms with van der Waals surface area (Å²) in [4.78, 5) is 34.7. The van der Waals surface area contributed by atoms with Gasteiger partial charge in [-0.05, 0) is 31.0 Å². The number of carbonyl (C=O) groups excluding carboxylic acids is 2. The van der Waals surface area contributed by atoms with Gasteiger partial charge >= 0.3 is 6.09 Å². The van der Waals surface area contributed by atoms with Gasteiger partial charge in [-0.15, -0.1) is 0 Å². The fourth-order valence-corrected chi connectivity index (χ4v) is 3.23. The highest BCUT2D eigenvalue weighted by Gasteiger charge is 2.24. The highest BCUT2D eigenvalue weighted by Crippen LogP contribution is 2.28. The molecule has 2 aliphatic heterocycles. The zero-order chi connectivity index (χ0) is 19.9. The molecule has 1 aromatic carbocycles. The number of hydrazine groups is 1. The van der Waals surface area contributed by atoms with Crippen LogP contribution in [0.3, 0.4) is 0 Å². The van der Waals surface area contributed by atoms with Gasteiger partial charge in [0.1, 0.15) is 12.4 Å². The molecule has 1 atom stereocenters. The Bertz CT molecular complexity index is 741. The van der Waals surface area contributed by atoms with E-state index in [4.69, 9.17) is 9.84 Å². The van der Waals surface area contributed by atoms with Crippen molar-refractivity contribution < 1.29 is 24.2 Å². The Morgan fingerprint density at radius 2 is 2.21 bits per heavy atom. The van der Waals surface area contributed by atoms with Gasteiger partial charge in [0.2, 0.25) is 5.91 Å². The Hall–Kier alpha value is -3.01. The molecule has 0 bridgehead atoms. The van der Waals surface area contributed by atoms with Crippen LogP contribution in [0.2, 0.25) is 0 Å². The Balaban J connectivity index is 1.60. The first-order valence-corrected chi connectivity index (χ1v) is 9.34. The number of hydrogen-bond acceptors (Lipinski definition) is 6. The van der Waals surface area contributed by atoms with E-state index in [0.29, 0.717) is 56.8 Å². The molecule has 1 aromatic rings. The molecule has 0 radical (unpaired) electrons. The summed E-state index contributed by atoms with van der Waals surface area (Å²) in [5, 5.41) is 18.8. The van der Waals surface area contributed by atoms with Crippen molar-refractivity contribution in [3.63, 3.8) is 0 Å². The van der Waals surface area contributed by atoms with E-state index in [-0.39, 0.29) is 24.4 Å². The largest absolute Gasteiger partial charge is 0.490 e. The fourth-order valence-electron chi connectivity index (χ4n) is 3.23. The van der Waals surface area contributed by atoms with Crippen molar-refractivity contribution >= 4 is 23.6 Å². The SMILES string of the molecule is O=C(O)NCCCN(CC1CCC(=O)N1)NC(=O)c1ccc2c(c1)NCCO2. The van der Waals surface area contributed by atoms with Crippen LogP contribution in [0.25, 0.3) is 0 Å². The lowest BCUT2D eigenvalue weighted by Gasteiger charge is -2.26. The average Bonchev–Trinajstić information content (AvgIpc) is 3.09. The molecule has 1 unspecified atom stereocenters. The van der Waals surface area contributed by atoms with Crippen molar-refractivity contribution in [2.24, 2.45) is 0 Å². The fraction of sp³-hybridized carbons (Fsp3) is 0.500. The smallest absolute Gasteiger partial charge is 0.404 e. The number of carboxylic acid groups (broad SMARTS) is 1. The first kappa shape index (κ1) is 19.7. The van der Waals surface area contributed by atoms with Gasteiger partial charge in [-0.25, -0.2) is 9.80 Å². The lowest BCUT2D eigenvalue weighted by Crippen LogP contribution is -2.49. The van der Waals surface area contributed by atoms with E-state index in [9.17, 15) is 14.4 Å². The zero-order valence-electron chi connectivity index (χ0n) is 15.5. The van der Waals surface area contributed by atoms with Gasteiger partial charge in [0.15, 0.2) is 0 Å². The monoisotopic (exact) mass is 391 g/mol.